The van der Waals surface area contributed by atoms with Gasteiger partial charge in [-0.15, -0.1) is 0 Å². The van der Waals surface area contributed by atoms with Crippen LogP contribution in [-0.4, -0.2) is 58.4 Å². The molecule has 0 radical (unpaired) electrons. The summed E-state index contributed by atoms with van der Waals surface area (Å²) in [5, 5.41) is 3.23. The fraction of sp³-hybridized carbons (Fsp3) is 0.538. The number of hydrogen-bond acceptors (Lipinski definition) is 7. The largest absolute Gasteiger partial charge is 0.468 e. The van der Waals surface area contributed by atoms with Gasteiger partial charge in [0.25, 0.3) is 5.56 Å². The Balaban J connectivity index is 2.24. The van der Waals surface area contributed by atoms with E-state index in [-0.39, 0.29) is 17.7 Å². The number of imidazole rings is 1. The summed E-state index contributed by atoms with van der Waals surface area (Å²) in [6.07, 6.45) is 0. The first kappa shape index (κ1) is 15.3. The van der Waals surface area contributed by atoms with E-state index < -0.39 is 17.2 Å². The van der Waals surface area contributed by atoms with Gasteiger partial charge in [0.1, 0.15) is 6.54 Å². The molecule has 1 fully saturated rings. The van der Waals surface area contributed by atoms with E-state index in [1.807, 2.05) is 4.90 Å². The summed E-state index contributed by atoms with van der Waals surface area (Å²) in [5.74, 6) is -0.00691. The summed E-state index contributed by atoms with van der Waals surface area (Å²) in [6, 6.07) is 0. The molecule has 23 heavy (non-hydrogen) atoms. The predicted molar refractivity (Wildman–Crippen MR) is 82.7 cm³/mol. The zero-order valence-electron chi connectivity index (χ0n) is 13.0. The molecule has 10 nitrogen and oxygen atoms in total. The van der Waals surface area contributed by atoms with Gasteiger partial charge in [-0.3, -0.25) is 23.7 Å². The summed E-state index contributed by atoms with van der Waals surface area (Å²) < 4.78 is 7.47. The molecule has 0 aliphatic carbocycles. The minimum absolute atomic E-state index is 0.145. The van der Waals surface area contributed by atoms with E-state index in [2.05, 4.69) is 15.3 Å². The Kier molecular flexibility index (Phi) is 3.90. The molecule has 0 aromatic carbocycles. The highest BCUT2D eigenvalue weighted by Gasteiger charge is 2.24. The molecule has 2 N–H and O–H groups in total. The van der Waals surface area contributed by atoms with E-state index in [0.29, 0.717) is 19.0 Å². The smallest absolute Gasteiger partial charge is 0.329 e. The number of ether oxygens (including phenoxy) is 1. The molecule has 2 aromatic rings. The lowest BCUT2D eigenvalue weighted by Gasteiger charge is -2.28. The highest BCUT2D eigenvalue weighted by molar-refractivity contribution is 5.78. The lowest BCUT2D eigenvalue weighted by atomic mass is 10.4. The maximum atomic E-state index is 12.2. The van der Waals surface area contributed by atoms with Crippen molar-refractivity contribution in [3.8, 4) is 0 Å². The first-order valence-electron chi connectivity index (χ1n) is 7.25. The van der Waals surface area contributed by atoms with Crippen molar-refractivity contribution in [2.75, 3.05) is 38.2 Å². The molecule has 1 aliphatic rings. The molecule has 3 rings (SSSR count). The van der Waals surface area contributed by atoms with Crippen molar-refractivity contribution in [3.63, 3.8) is 0 Å². The Morgan fingerprint density at radius 3 is 2.65 bits per heavy atom. The average Bonchev–Trinajstić information content (AvgIpc) is 2.93. The molecule has 2 aromatic heterocycles. The van der Waals surface area contributed by atoms with E-state index in [4.69, 9.17) is 4.74 Å². The Labute approximate surface area is 130 Å². The average molecular weight is 322 g/mol. The summed E-state index contributed by atoms with van der Waals surface area (Å²) in [7, 11) is 2.81. The van der Waals surface area contributed by atoms with Gasteiger partial charge in [0.15, 0.2) is 11.2 Å². The Bertz CT molecular complexity index is 858. The number of methoxy groups -OCH3 is 1. The van der Waals surface area contributed by atoms with Crippen molar-refractivity contribution >= 4 is 23.1 Å². The Morgan fingerprint density at radius 2 is 2.00 bits per heavy atom. The Morgan fingerprint density at radius 1 is 1.30 bits per heavy atom. The van der Waals surface area contributed by atoms with E-state index >= 15 is 0 Å². The SMILES string of the molecule is COC(=O)Cn1c(N2CCNCC2)nc2c1c(=O)[nH]c(=O)n2C. The summed E-state index contributed by atoms with van der Waals surface area (Å²) in [5.41, 5.74) is -0.680. The van der Waals surface area contributed by atoms with Crippen LogP contribution in [0.3, 0.4) is 0 Å². The molecule has 0 atom stereocenters. The third kappa shape index (κ3) is 2.61. The van der Waals surface area contributed by atoms with Crippen molar-refractivity contribution < 1.29 is 9.53 Å². The maximum absolute atomic E-state index is 12.2. The third-order valence-corrected chi connectivity index (χ3v) is 3.90. The monoisotopic (exact) mass is 322 g/mol. The van der Waals surface area contributed by atoms with E-state index in [1.54, 1.807) is 0 Å². The van der Waals surface area contributed by atoms with E-state index in [1.165, 1.54) is 23.3 Å². The van der Waals surface area contributed by atoms with E-state index in [0.717, 1.165) is 13.1 Å². The van der Waals surface area contributed by atoms with Crippen LogP contribution in [0.1, 0.15) is 0 Å². The number of esters is 1. The number of aromatic amines is 1. The van der Waals surface area contributed by atoms with Gasteiger partial charge >= 0.3 is 11.7 Å². The second-order valence-electron chi connectivity index (χ2n) is 5.30. The number of carbonyl (C=O) groups excluding carboxylic acids is 1. The van der Waals surface area contributed by atoms with Crippen molar-refractivity contribution in [3.05, 3.63) is 20.8 Å². The van der Waals surface area contributed by atoms with Crippen LogP contribution < -0.4 is 21.5 Å². The van der Waals surface area contributed by atoms with Crippen molar-refractivity contribution in [1.29, 1.82) is 0 Å². The molecular weight excluding hydrogens is 304 g/mol. The molecule has 0 spiro atoms. The number of aromatic nitrogens is 4. The highest BCUT2D eigenvalue weighted by atomic mass is 16.5. The molecule has 1 saturated heterocycles. The maximum Gasteiger partial charge on any atom is 0.329 e. The van der Waals surface area contributed by atoms with Gasteiger partial charge in [0, 0.05) is 33.2 Å². The molecule has 10 heteroatoms. The third-order valence-electron chi connectivity index (χ3n) is 3.90. The number of piperazine rings is 1. The first-order chi connectivity index (χ1) is 11.0. The first-order valence-corrected chi connectivity index (χ1v) is 7.25. The zero-order valence-corrected chi connectivity index (χ0v) is 13.0. The number of aryl methyl sites for hydroxylation is 1. The number of hydrogen-bond donors (Lipinski definition) is 2. The summed E-state index contributed by atoms with van der Waals surface area (Å²) in [4.78, 5) is 44.4. The number of fused-ring (bicyclic) bond motifs is 1. The van der Waals surface area contributed by atoms with Gasteiger partial charge < -0.3 is 15.0 Å². The molecule has 3 heterocycles. The highest BCUT2D eigenvalue weighted by Crippen LogP contribution is 2.19. The van der Waals surface area contributed by atoms with Gasteiger partial charge in [-0.2, -0.15) is 4.98 Å². The van der Waals surface area contributed by atoms with Crippen LogP contribution in [0.25, 0.3) is 11.2 Å². The van der Waals surface area contributed by atoms with Crippen LogP contribution >= 0.6 is 0 Å². The standard InChI is InChI=1S/C13H18N6O4/c1-17-10-9(11(21)16-13(17)22)19(7-8(20)23-2)12(15-10)18-5-3-14-4-6-18/h14H,3-7H2,1-2H3,(H,16,21,22). The molecule has 0 saturated carbocycles. The fourth-order valence-electron chi connectivity index (χ4n) is 2.67. The Hall–Kier alpha value is -2.62. The van der Waals surface area contributed by atoms with Crippen LogP contribution in [0.2, 0.25) is 0 Å². The number of nitrogens with zero attached hydrogens (tertiary/aromatic N) is 4. The van der Waals surface area contributed by atoms with Crippen molar-refractivity contribution in [2.24, 2.45) is 7.05 Å². The van der Waals surface area contributed by atoms with Crippen LogP contribution in [0, 0.1) is 0 Å². The number of H-pyrrole nitrogens is 1. The van der Waals surface area contributed by atoms with Crippen LogP contribution in [0.4, 0.5) is 5.95 Å². The molecular formula is C13H18N6O4. The summed E-state index contributed by atoms with van der Waals surface area (Å²) >= 11 is 0. The van der Waals surface area contributed by atoms with E-state index in [9.17, 15) is 14.4 Å². The lowest BCUT2D eigenvalue weighted by Crippen LogP contribution is -2.44. The van der Waals surface area contributed by atoms with Crippen molar-refractivity contribution in [2.45, 2.75) is 6.54 Å². The quantitative estimate of drug-likeness (QED) is 0.629. The second kappa shape index (κ2) is 5.88. The van der Waals surface area contributed by atoms with Gasteiger partial charge in [-0.25, -0.2) is 4.79 Å². The second-order valence-corrected chi connectivity index (χ2v) is 5.30. The molecule has 0 bridgehead atoms. The van der Waals surface area contributed by atoms with Gasteiger partial charge in [-0.1, -0.05) is 0 Å². The lowest BCUT2D eigenvalue weighted by molar-refractivity contribution is -0.141. The van der Waals surface area contributed by atoms with Crippen LogP contribution in [0.15, 0.2) is 9.59 Å². The van der Waals surface area contributed by atoms with Crippen molar-refractivity contribution in [1.82, 2.24) is 24.4 Å². The number of nitrogens with one attached hydrogen (secondary N) is 2. The molecule has 0 unspecified atom stereocenters. The minimum atomic E-state index is -0.569. The summed E-state index contributed by atoms with van der Waals surface area (Å²) in [6.45, 7) is 2.79. The molecule has 0 amide bonds. The topological polar surface area (TPSA) is 114 Å². The normalized spacial score (nSPS) is 15.1. The predicted octanol–water partition coefficient (Wildman–Crippen LogP) is -1.99. The van der Waals surface area contributed by atoms with Gasteiger partial charge in [-0.05, 0) is 0 Å². The fourth-order valence-corrected chi connectivity index (χ4v) is 2.67. The number of rotatable bonds is 3. The number of anilines is 1. The van der Waals surface area contributed by atoms with Crippen LogP contribution in [0.5, 0.6) is 0 Å². The number of carbonyl (C=O) groups is 1. The molecule has 1 aliphatic heterocycles. The van der Waals surface area contributed by atoms with Crippen LogP contribution in [-0.2, 0) is 23.1 Å². The van der Waals surface area contributed by atoms with Gasteiger partial charge in [0.2, 0.25) is 5.95 Å². The zero-order chi connectivity index (χ0) is 16.6. The molecule has 124 valence electrons. The van der Waals surface area contributed by atoms with Gasteiger partial charge in [0.05, 0.1) is 7.11 Å². The minimum Gasteiger partial charge on any atom is -0.468 e.